The molecule has 0 saturated heterocycles. The van der Waals surface area contributed by atoms with Gasteiger partial charge in [-0.3, -0.25) is 29.8 Å². The monoisotopic (exact) mass is 488 g/mol. The summed E-state index contributed by atoms with van der Waals surface area (Å²) < 4.78 is 0. The minimum atomic E-state index is -0.509. The summed E-state index contributed by atoms with van der Waals surface area (Å²) in [7, 11) is 0. The number of nitrogens with zero attached hydrogens (tertiary/aromatic N) is 5. The Hall–Kier alpha value is -4.92. The van der Waals surface area contributed by atoms with E-state index in [4.69, 9.17) is 0 Å². The topological polar surface area (TPSA) is 125 Å². The average molecular weight is 489 g/mol. The largest absolute Gasteiger partial charge is 0.352 e. The van der Waals surface area contributed by atoms with Crippen molar-refractivity contribution in [2.75, 3.05) is 5.32 Å². The van der Waals surface area contributed by atoms with E-state index in [1.165, 1.54) is 0 Å². The molecule has 0 spiro atoms. The fraction of sp³-hybridized carbons (Fsp3) is 0.143. The number of fused-ring (bicyclic) bond motifs is 2. The van der Waals surface area contributed by atoms with Crippen molar-refractivity contribution in [3.8, 4) is 33.8 Å². The van der Waals surface area contributed by atoms with Gasteiger partial charge in [0.05, 0.1) is 46.7 Å². The van der Waals surface area contributed by atoms with Crippen LogP contribution in [0.15, 0.2) is 73.7 Å². The van der Waals surface area contributed by atoms with Gasteiger partial charge in [-0.1, -0.05) is 20.8 Å². The minimum absolute atomic E-state index is 0.0774. The first kappa shape index (κ1) is 22.5. The van der Waals surface area contributed by atoms with Gasteiger partial charge in [0.1, 0.15) is 5.69 Å². The molecule has 0 aromatic carbocycles. The fourth-order valence-corrected chi connectivity index (χ4v) is 4.19. The number of H-pyrrole nitrogens is 2. The Kier molecular flexibility index (Phi) is 5.26. The highest BCUT2D eigenvalue weighted by atomic mass is 16.2. The van der Waals surface area contributed by atoms with Gasteiger partial charge in [-0.15, -0.1) is 0 Å². The lowest BCUT2D eigenvalue weighted by Crippen LogP contribution is -2.27. The van der Waals surface area contributed by atoms with Crippen molar-refractivity contribution in [2.45, 2.75) is 20.8 Å². The highest BCUT2D eigenvalue weighted by molar-refractivity contribution is 6.01. The summed E-state index contributed by atoms with van der Waals surface area (Å²) in [4.78, 5) is 33.4. The van der Waals surface area contributed by atoms with Crippen LogP contribution in [0.25, 0.3) is 55.6 Å². The number of aromatic nitrogens is 7. The van der Waals surface area contributed by atoms with Gasteiger partial charge in [-0.2, -0.15) is 5.10 Å². The van der Waals surface area contributed by atoms with Gasteiger partial charge < -0.3 is 10.3 Å². The summed E-state index contributed by atoms with van der Waals surface area (Å²) in [5.74, 6) is -0.0774. The van der Waals surface area contributed by atoms with Crippen LogP contribution in [-0.2, 0) is 4.79 Å². The number of hydrogen-bond acceptors (Lipinski definition) is 6. The molecule has 6 heterocycles. The van der Waals surface area contributed by atoms with Crippen molar-refractivity contribution >= 4 is 33.4 Å². The van der Waals surface area contributed by atoms with Crippen molar-refractivity contribution in [2.24, 2.45) is 5.41 Å². The number of carbonyl (C=O) groups excluding carboxylic acids is 1. The van der Waals surface area contributed by atoms with E-state index in [-0.39, 0.29) is 5.91 Å². The lowest BCUT2D eigenvalue weighted by Gasteiger charge is -2.17. The van der Waals surface area contributed by atoms with Gasteiger partial charge in [-0.05, 0) is 35.9 Å². The molecule has 6 aromatic heterocycles. The van der Waals surface area contributed by atoms with Gasteiger partial charge in [-0.25, -0.2) is 0 Å². The van der Waals surface area contributed by atoms with Gasteiger partial charge >= 0.3 is 0 Å². The summed E-state index contributed by atoms with van der Waals surface area (Å²) in [6, 6.07) is 9.88. The maximum atomic E-state index is 12.4. The molecule has 3 N–H and O–H groups in total. The van der Waals surface area contributed by atoms with E-state index >= 15 is 0 Å². The zero-order chi connectivity index (χ0) is 25.6. The van der Waals surface area contributed by atoms with E-state index in [2.05, 4.69) is 46.5 Å². The molecule has 182 valence electrons. The van der Waals surface area contributed by atoms with Gasteiger partial charge in [0.2, 0.25) is 5.91 Å². The number of carbonyl (C=O) groups is 1. The Balaban J connectivity index is 1.40. The molecule has 6 aromatic rings. The summed E-state index contributed by atoms with van der Waals surface area (Å²) in [6.45, 7) is 5.61. The van der Waals surface area contributed by atoms with E-state index in [0.717, 1.165) is 55.6 Å². The molecule has 0 aliphatic heterocycles. The SMILES string of the molecule is CC(C)(C)C(=O)Nc1cncc(-c2cc3c(-c4cc5c(-c6ccncc6)cncc5[nH]4)n[nH]c3cn2)c1. The fourth-order valence-electron chi connectivity index (χ4n) is 4.19. The number of aromatic amines is 2. The Morgan fingerprint density at radius 1 is 0.838 bits per heavy atom. The van der Waals surface area contributed by atoms with Crippen LogP contribution < -0.4 is 5.32 Å². The second-order valence-corrected chi connectivity index (χ2v) is 9.92. The molecule has 0 fully saturated rings. The molecule has 0 radical (unpaired) electrons. The third kappa shape index (κ3) is 4.20. The van der Waals surface area contributed by atoms with E-state index in [0.29, 0.717) is 5.69 Å². The molecule has 0 unspecified atom stereocenters. The van der Waals surface area contributed by atoms with Gasteiger partial charge in [0.15, 0.2) is 0 Å². The maximum absolute atomic E-state index is 12.4. The highest BCUT2D eigenvalue weighted by Crippen LogP contribution is 2.34. The predicted octanol–water partition coefficient (Wildman–Crippen LogP) is 5.61. The molecule has 1 amide bonds. The number of amides is 1. The van der Waals surface area contributed by atoms with Crippen molar-refractivity contribution in [1.82, 2.24) is 35.1 Å². The minimum Gasteiger partial charge on any atom is -0.352 e. The average Bonchev–Trinajstić information content (AvgIpc) is 3.52. The lowest BCUT2D eigenvalue weighted by atomic mass is 9.95. The van der Waals surface area contributed by atoms with Gasteiger partial charge in [0.25, 0.3) is 0 Å². The van der Waals surface area contributed by atoms with E-state index in [1.54, 1.807) is 31.0 Å². The Morgan fingerprint density at radius 3 is 2.46 bits per heavy atom. The normalized spacial score (nSPS) is 11.8. The molecule has 6 rings (SSSR count). The van der Waals surface area contributed by atoms with Crippen LogP contribution >= 0.6 is 0 Å². The second-order valence-electron chi connectivity index (χ2n) is 9.92. The summed E-state index contributed by atoms with van der Waals surface area (Å²) >= 11 is 0. The Morgan fingerprint density at radius 2 is 1.65 bits per heavy atom. The maximum Gasteiger partial charge on any atom is 0.229 e. The summed E-state index contributed by atoms with van der Waals surface area (Å²) in [5, 5.41) is 12.6. The van der Waals surface area contributed by atoms with E-state index in [9.17, 15) is 4.79 Å². The zero-order valence-corrected chi connectivity index (χ0v) is 20.6. The molecule has 0 aliphatic rings. The van der Waals surface area contributed by atoms with E-state index in [1.807, 2.05) is 57.4 Å². The molecule has 9 nitrogen and oxygen atoms in total. The lowest BCUT2D eigenvalue weighted by molar-refractivity contribution is -0.123. The second kappa shape index (κ2) is 8.63. The quantitative estimate of drug-likeness (QED) is 0.296. The third-order valence-corrected chi connectivity index (χ3v) is 6.21. The van der Waals surface area contributed by atoms with Crippen molar-refractivity contribution in [3.05, 3.63) is 73.7 Å². The van der Waals surface area contributed by atoms with Crippen molar-refractivity contribution in [1.29, 1.82) is 0 Å². The molecule has 37 heavy (non-hydrogen) atoms. The number of hydrogen-bond donors (Lipinski definition) is 3. The number of nitrogens with one attached hydrogen (secondary N) is 3. The molecular weight excluding hydrogens is 464 g/mol. The van der Waals surface area contributed by atoms with Crippen LogP contribution in [0, 0.1) is 5.41 Å². The molecular formula is C28H24N8O. The smallest absolute Gasteiger partial charge is 0.229 e. The first-order valence-corrected chi connectivity index (χ1v) is 11.9. The Bertz CT molecular complexity index is 1760. The summed E-state index contributed by atoms with van der Waals surface area (Å²) in [6.07, 6.45) is 12.3. The first-order valence-electron chi connectivity index (χ1n) is 11.9. The highest BCUT2D eigenvalue weighted by Gasteiger charge is 2.21. The zero-order valence-electron chi connectivity index (χ0n) is 20.6. The number of anilines is 1. The third-order valence-electron chi connectivity index (χ3n) is 6.21. The van der Waals surface area contributed by atoms with Crippen LogP contribution in [0.5, 0.6) is 0 Å². The van der Waals surface area contributed by atoms with Crippen molar-refractivity contribution < 1.29 is 4.79 Å². The van der Waals surface area contributed by atoms with Crippen LogP contribution in [0.1, 0.15) is 20.8 Å². The number of rotatable bonds is 4. The van der Waals surface area contributed by atoms with Crippen LogP contribution in [-0.4, -0.2) is 41.0 Å². The predicted molar refractivity (Wildman–Crippen MR) is 144 cm³/mol. The molecule has 0 atom stereocenters. The molecule has 0 bridgehead atoms. The first-order chi connectivity index (χ1) is 17.9. The van der Waals surface area contributed by atoms with Gasteiger partial charge in [0, 0.05) is 52.1 Å². The molecule has 0 aliphatic carbocycles. The van der Waals surface area contributed by atoms with E-state index < -0.39 is 5.41 Å². The number of pyridine rings is 4. The van der Waals surface area contributed by atoms with Crippen LogP contribution in [0.3, 0.4) is 0 Å². The van der Waals surface area contributed by atoms with Crippen molar-refractivity contribution in [3.63, 3.8) is 0 Å². The van der Waals surface area contributed by atoms with Crippen LogP contribution in [0.2, 0.25) is 0 Å². The summed E-state index contributed by atoms with van der Waals surface area (Å²) in [5.41, 5.74) is 7.08. The Labute approximate surface area is 212 Å². The molecule has 0 saturated carbocycles. The standard InChI is InChI=1S/C28H24N8O/c1-28(2,3)27(37)33-18-8-17(11-30-12-18)22-10-20-25(15-32-22)35-36-26(20)23-9-19-21(13-31-14-24(19)34-23)16-4-6-29-7-5-16/h4-15,34H,1-3H3,(H,33,37)(H,35,36). The van der Waals surface area contributed by atoms with Crippen LogP contribution in [0.4, 0.5) is 5.69 Å². The molecule has 9 heteroatoms.